The second kappa shape index (κ2) is 6.19. The molecule has 14 heavy (non-hydrogen) atoms. The van der Waals surface area contributed by atoms with E-state index in [9.17, 15) is 0 Å². The molecule has 0 saturated heterocycles. The van der Waals surface area contributed by atoms with E-state index in [1.54, 1.807) is 0 Å². The Morgan fingerprint density at radius 1 is 1.29 bits per heavy atom. The van der Waals surface area contributed by atoms with Gasteiger partial charge in [-0.2, -0.15) is 5.10 Å². The summed E-state index contributed by atoms with van der Waals surface area (Å²) in [6.07, 6.45) is 2.37. The van der Waals surface area contributed by atoms with Crippen molar-refractivity contribution >= 4 is 6.72 Å². The number of benzene rings is 1. The summed E-state index contributed by atoms with van der Waals surface area (Å²) in [4.78, 5) is 0. The van der Waals surface area contributed by atoms with Gasteiger partial charge in [-0.15, -0.1) is 0 Å². The molecule has 2 heteroatoms. The van der Waals surface area contributed by atoms with E-state index in [0.717, 1.165) is 13.1 Å². The van der Waals surface area contributed by atoms with Crippen molar-refractivity contribution in [3.63, 3.8) is 0 Å². The van der Waals surface area contributed by atoms with Crippen LogP contribution in [-0.4, -0.2) is 18.3 Å². The highest BCUT2D eigenvalue weighted by molar-refractivity contribution is 5.23. The van der Waals surface area contributed by atoms with Crippen LogP contribution < -0.4 is 0 Å². The zero-order valence-electron chi connectivity index (χ0n) is 8.82. The Morgan fingerprint density at radius 2 is 2.00 bits per heavy atom. The molecule has 1 aromatic carbocycles. The minimum absolute atomic E-state index is 0.865. The molecule has 0 spiro atoms. The molecule has 0 aliphatic carbocycles. The second-order valence-electron chi connectivity index (χ2n) is 3.37. The SMILES string of the molecule is C=NN(CCCC)Cc1ccccc1. The van der Waals surface area contributed by atoms with E-state index in [2.05, 4.69) is 43.0 Å². The van der Waals surface area contributed by atoms with Gasteiger partial charge in [0.1, 0.15) is 0 Å². The summed E-state index contributed by atoms with van der Waals surface area (Å²) in [5, 5.41) is 6.02. The summed E-state index contributed by atoms with van der Waals surface area (Å²) in [5.74, 6) is 0. The molecule has 1 aromatic rings. The highest BCUT2D eigenvalue weighted by Gasteiger charge is 1.99. The van der Waals surface area contributed by atoms with Crippen LogP contribution in [0.15, 0.2) is 35.4 Å². The van der Waals surface area contributed by atoms with Crippen molar-refractivity contribution in [2.45, 2.75) is 26.3 Å². The first-order valence-corrected chi connectivity index (χ1v) is 5.12. The standard InChI is InChI=1S/C12H18N2/c1-3-4-10-14(13-2)11-12-8-6-5-7-9-12/h5-9H,2-4,10-11H2,1H3. The average Bonchev–Trinajstić information content (AvgIpc) is 2.25. The summed E-state index contributed by atoms with van der Waals surface area (Å²) in [7, 11) is 0. The first kappa shape index (κ1) is 10.8. The molecule has 1 rings (SSSR count). The summed E-state index contributed by atoms with van der Waals surface area (Å²) in [6, 6.07) is 10.4. The van der Waals surface area contributed by atoms with Crippen molar-refractivity contribution < 1.29 is 0 Å². The van der Waals surface area contributed by atoms with Gasteiger partial charge >= 0.3 is 0 Å². The number of nitrogens with zero attached hydrogens (tertiary/aromatic N) is 2. The Kier molecular flexibility index (Phi) is 4.76. The highest BCUT2D eigenvalue weighted by Crippen LogP contribution is 2.05. The molecular weight excluding hydrogens is 172 g/mol. The van der Waals surface area contributed by atoms with Gasteiger partial charge in [0.25, 0.3) is 0 Å². The molecule has 2 nitrogen and oxygen atoms in total. The predicted molar refractivity (Wildman–Crippen MR) is 61.3 cm³/mol. The quantitative estimate of drug-likeness (QED) is 0.497. The average molecular weight is 190 g/mol. The zero-order chi connectivity index (χ0) is 10.2. The third kappa shape index (κ3) is 3.60. The lowest BCUT2D eigenvalue weighted by Gasteiger charge is -2.17. The summed E-state index contributed by atoms with van der Waals surface area (Å²) < 4.78 is 0. The third-order valence-corrected chi connectivity index (χ3v) is 2.18. The van der Waals surface area contributed by atoms with E-state index in [0.29, 0.717) is 0 Å². The minimum atomic E-state index is 0.865. The van der Waals surface area contributed by atoms with Crippen molar-refractivity contribution in [2.24, 2.45) is 5.10 Å². The Hall–Kier alpha value is -1.31. The van der Waals surface area contributed by atoms with Gasteiger partial charge in [0.15, 0.2) is 0 Å². The molecule has 0 fully saturated rings. The first-order chi connectivity index (χ1) is 6.86. The number of unbranched alkanes of at least 4 members (excludes halogenated alkanes) is 1. The van der Waals surface area contributed by atoms with Crippen LogP contribution in [0.2, 0.25) is 0 Å². The van der Waals surface area contributed by atoms with Gasteiger partial charge in [-0.05, 0) is 12.0 Å². The topological polar surface area (TPSA) is 15.6 Å². The van der Waals surface area contributed by atoms with E-state index >= 15 is 0 Å². The van der Waals surface area contributed by atoms with Gasteiger partial charge in [-0.1, -0.05) is 43.7 Å². The zero-order valence-corrected chi connectivity index (χ0v) is 8.82. The van der Waals surface area contributed by atoms with Crippen molar-refractivity contribution in [1.82, 2.24) is 5.01 Å². The molecule has 0 N–H and O–H groups in total. The van der Waals surface area contributed by atoms with Crippen molar-refractivity contribution in [2.75, 3.05) is 6.54 Å². The third-order valence-electron chi connectivity index (χ3n) is 2.18. The monoisotopic (exact) mass is 190 g/mol. The van der Waals surface area contributed by atoms with Crippen LogP contribution >= 0.6 is 0 Å². The lowest BCUT2D eigenvalue weighted by molar-refractivity contribution is 0.277. The van der Waals surface area contributed by atoms with Crippen LogP contribution in [0.3, 0.4) is 0 Å². The second-order valence-corrected chi connectivity index (χ2v) is 3.37. The molecule has 0 atom stereocenters. The maximum Gasteiger partial charge on any atom is 0.0610 e. The largest absolute Gasteiger partial charge is 0.293 e. The van der Waals surface area contributed by atoms with Crippen molar-refractivity contribution in [1.29, 1.82) is 0 Å². The molecular formula is C12H18N2. The van der Waals surface area contributed by atoms with Crippen LogP contribution in [0.1, 0.15) is 25.3 Å². The van der Waals surface area contributed by atoms with Gasteiger partial charge in [0.05, 0.1) is 6.54 Å². The normalized spacial score (nSPS) is 9.79. The Balaban J connectivity index is 2.44. The molecule has 0 amide bonds. The lowest BCUT2D eigenvalue weighted by atomic mass is 10.2. The fourth-order valence-electron chi connectivity index (χ4n) is 1.33. The molecule has 0 saturated carbocycles. The van der Waals surface area contributed by atoms with E-state index in [1.807, 2.05) is 11.1 Å². The molecule has 0 aliphatic rings. The fourth-order valence-corrected chi connectivity index (χ4v) is 1.33. The lowest BCUT2D eigenvalue weighted by Crippen LogP contribution is -2.17. The van der Waals surface area contributed by atoms with Crippen molar-refractivity contribution in [3.05, 3.63) is 35.9 Å². The summed E-state index contributed by atoms with van der Waals surface area (Å²) in [6.45, 7) is 7.63. The number of hydrazone groups is 1. The number of hydrogen-bond donors (Lipinski definition) is 0. The van der Waals surface area contributed by atoms with Crippen LogP contribution in [-0.2, 0) is 6.54 Å². The van der Waals surface area contributed by atoms with Gasteiger partial charge in [0.2, 0.25) is 0 Å². The van der Waals surface area contributed by atoms with Gasteiger partial charge < -0.3 is 0 Å². The molecule has 0 heterocycles. The predicted octanol–water partition coefficient (Wildman–Crippen LogP) is 2.90. The maximum atomic E-state index is 4.00. The van der Waals surface area contributed by atoms with E-state index in [4.69, 9.17) is 0 Å². The Bertz CT molecular complexity index is 256. The van der Waals surface area contributed by atoms with Gasteiger partial charge in [-0.25, -0.2) is 0 Å². The number of hydrogen-bond acceptors (Lipinski definition) is 2. The number of rotatable bonds is 6. The minimum Gasteiger partial charge on any atom is -0.293 e. The molecule has 0 aliphatic heterocycles. The fraction of sp³-hybridized carbons (Fsp3) is 0.417. The highest BCUT2D eigenvalue weighted by atomic mass is 15.4. The van der Waals surface area contributed by atoms with Crippen LogP contribution in [0.25, 0.3) is 0 Å². The van der Waals surface area contributed by atoms with Gasteiger partial charge in [-0.3, -0.25) is 5.01 Å². The smallest absolute Gasteiger partial charge is 0.0610 e. The van der Waals surface area contributed by atoms with Crippen LogP contribution in [0.5, 0.6) is 0 Å². The van der Waals surface area contributed by atoms with E-state index in [-0.39, 0.29) is 0 Å². The van der Waals surface area contributed by atoms with E-state index in [1.165, 1.54) is 18.4 Å². The van der Waals surface area contributed by atoms with Gasteiger partial charge in [0, 0.05) is 13.3 Å². The Labute approximate surface area is 86.2 Å². The Morgan fingerprint density at radius 3 is 2.57 bits per heavy atom. The molecule has 0 bridgehead atoms. The molecule has 0 unspecified atom stereocenters. The van der Waals surface area contributed by atoms with Crippen LogP contribution in [0, 0.1) is 0 Å². The van der Waals surface area contributed by atoms with E-state index < -0.39 is 0 Å². The maximum absolute atomic E-state index is 4.00. The van der Waals surface area contributed by atoms with Crippen LogP contribution in [0.4, 0.5) is 0 Å². The molecule has 0 aromatic heterocycles. The molecule has 0 radical (unpaired) electrons. The molecule has 76 valence electrons. The van der Waals surface area contributed by atoms with Crippen molar-refractivity contribution in [3.8, 4) is 0 Å². The summed E-state index contributed by atoms with van der Waals surface area (Å²) >= 11 is 0. The summed E-state index contributed by atoms with van der Waals surface area (Å²) in [5.41, 5.74) is 1.29. The first-order valence-electron chi connectivity index (χ1n) is 5.12.